The number of esters is 2. The number of hydrogen-bond acceptors (Lipinski definition) is 7. The Morgan fingerprint density at radius 1 is 1.14 bits per heavy atom. The molecule has 9 heteroatoms. The van der Waals surface area contributed by atoms with Crippen LogP contribution in [0.15, 0.2) is 29.6 Å². The van der Waals surface area contributed by atoms with E-state index in [0.29, 0.717) is 33.3 Å². The lowest BCUT2D eigenvalue weighted by Gasteiger charge is -2.04. The molecule has 0 saturated carbocycles. The normalized spacial score (nSPS) is 10.6. The summed E-state index contributed by atoms with van der Waals surface area (Å²) < 4.78 is 28.5. The number of nitrogens with one attached hydrogen (secondary N) is 1. The van der Waals surface area contributed by atoms with Gasteiger partial charge in [0.25, 0.3) is 0 Å². The number of aryl methyl sites for hydroxylation is 1. The van der Waals surface area contributed by atoms with Crippen LogP contribution in [0.2, 0.25) is 0 Å². The van der Waals surface area contributed by atoms with Crippen molar-refractivity contribution in [3.8, 4) is 5.75 Å². The molecule has 0 aliphatic heterocycles. The highest BCUT2D eigenvalue weighted by Crippen LogP contribution is 2.21. The second kappa shape index (κ2) is 8.87. The summed E-state index contributed by atoms with van der Waals surface area (Å²) in [5.74, 6) is -0.894. The summed E-state index contributed by atoms with van der Waals surface area (Å²) in [5.41, 5.74) is 2.13. The smallest absolute Gasteiger partial charge is 0.355 e. The Morgan fingerprint density at radius 3 is 2.55 bits per heavy atom. The van der Waals surface area contributed by atoms with E-state index in [1.807, 2.05) is 0 Å². The average molecular weight is 418 g/mol. The summed E-state index contributed by atoms with van der Waals surface area (Å²) in [7, 11) is 1.28. The zero-order valence-corrected chi connectivity index (χ0v) is 16.9. The first-order valence-corrected chi connectivity index (χ1v) is 9.53. The number of benzene rings is 1. The number of carbonyl (C=O) groups excluding carboxylic acids is 2. The summed E-state index contributed by atoms with van der Waals surface area (Å²) in [4.78, 5) is 31.4. The van der Waals surface area contributed by atoms with Crippen molar-refractivity contribution in [1.82, 2.24) is 9.97 Å². The predicted molar refractivity (Wildman–Crippen MR) is 104 cm³/mol. The van der Waals surface area contributed by atoms with Crippen LogP contribution >= 0.6 is 11.3 Å². The molecule has 0 unspecified atom stereocenters. The Kier molecular flexibility index (Phi) is 6.28. The number of nitrogens with zero attached hydrogens (tertiary/aromatic N) is 1. The van der Waals surface area contributed by atoms with E-state index in [-0.39, 0.29) is 24.7 Å². The van der Waals surface area contributed by atoms with E-state index >= 15 is 0 Å². The molecule has 0 radical (unpaired) electrons. The molecule has 29 heavy (non-hydrogen) atoms. The van der Waals surface area contributed by atoms with Crippen LogP contribution in [0.1, 0.15) is 42.8 Å². The maximum atomic E-state index is 12.9. The number of carbonyl (C=O) groups is 2. The lowest BCUT2D eigenvalue weighted by atomic mass is 10.1. The van der Waals surface area contributed by atoms with Crippen LogP contribution in [0.5, 0.6) is 5.75 Å². The molecule has 0 saturated heterocycles. The third-order valence-corrected chi connectivity index (χ3v) is 5.03. The van der Waals surface area contributed by atoms with Gasteiger partial charge in [0, 0.05) is 11.1 Å². The van der Waals surface area contributed by atoms with Gasteiger partial charge in [-0.15, -0.1) is 11.3 Å². The van der Waals surface area contributed by atoms with E-state index in [1.54, 1.807) is 19.2 Å². The van der Waals surface area contributed by atoms with Crippen LogP contribution in [0, 0.1) is 19.7 Å². The zero-order valence-electron chi connectivity index (χ0n) is 16.1. The molecule has 0 fully saturated rings. The van der Waals surface area contributed by atoms with Crippen molar-refractivity contribution >= 4 is 23.3 Å². The summed E-state index contributed by atoms with van der Waals surface area (Å²) >= 11 is 1.37. The number of hydrogen-bond donors (Lipinski definition) is 1. The van der Waals surface area contributed by atoms with Crippen molar-refractivity contribution in [2.45, 2.75) is 27.1 Å². The average Bonchev–Trinajstić information content (AvgIpc) is 3.29. The molecule has 152 valence electrons. The minimum Gasteiger partial charge on any atom is -0.486 e. The molecule has 3 rings (SSSR count). The van der Waals surface area contributed by atoms with Crippen molar-refractivity contribution in [3.63, 3.8) is 0 Å². The fourth-order valence-corrected chi connectivity index (χ4v) is 3.42. The molecule has 0 spiro atoms. The minimum atomic E-state index is -0.585. The fraction of sp³-hybridized carbons (Fsp3) is 0.250. The lowest BCUT2D eigenvalue weighted by molar-refractivity contribution is 0.0461. The number of rotatable bonds is 7. The van der Waals surface area contributed by atoms with Crippen LogP contribution in [-0.2, 0) is 22.7 Å². The molecule has 3 aromatic rings. The fourth-order valence-electron chi connectivity index (χ4n) is 2.73. The Balaban J connectivity index is 1.57. The largest absolute Gasteiger partial charge is 0.486 e. The van der Waals surface area contributed by atoms with E-state index in [1.165, 1.54) is 42.7 Å². The second-order valence-corrected chi connectivity index (χ2v) is 7.11. The van der Waals surface area contributed by atoms with Gasteiger partial charge < -0.3 is 19.2 Å². The molecule has 0 atom stereocenters. The van der Waals surface area contributed by atoms with Crippen molar-refractivity contribution in [2.75, 3.05) is 7.11 Å². The second-order valence-electron chi connectivity index (χ2n) is 6.17. The monoisotopic (exact) mass is 418 g/mol. The van der Waals surface area contributed by atoms with Crippen molar-refractivity contribution < 1.29 is 28.2 Å². The Hall–Kier alpha value is -3.20. The van der Waals surface area contributed by atoms with Crippen LogP contribution < -0.4 is 4.74 Å². The molecule has 1 N–H and O–H groups in total. The minimum absolute atomic E-state index is 0.0169. The van der Waals surface area contributed by atoms with Gasteiger partial charge in [0.05, 0.1) is 18.4 Å². The maximum absolute atomic E-state index is 12.9. The molecule has 0 aliphatic rings. The zero-order chi connectivity index (χ0) is 21.0. The number of ether oxygens (including phenoxy) is 3. The van der Waals surface area contributed by atoms with E-state index in [2.05, 4.69) is 9.97 Å². The molecular formula is C20H19FN2O5S. The molecule has 0 bridgehead atoms. The van der Waals surface area contributed by atoms with E-state index < -0.39 is 11.9 Å². The van der Waals surface area contributed by atoms with Crippen molar-refractivity contribution in [3.05, 3.63) is 68.7 Å². The highest BCUT2D eigenvalue weighted by molar-refractivity contribution is 7.09. The van der Waals surface area contributed by atoms with Gasteiger partial charge in [-0.2, -0.15) is 0 Å². The lowest BCUT2D eigenvalue weighted by Crippen LogP contribution is -2.09. The van der Waals surface area contributed by atoms with Crippen LogP contribution in [-0.4, -0.2) is 29.0 Å². The first-order chi connectivity index (χ1) is 13.9. The number of H-pyrrole nitrogens is 1. The first-order valence-electron chi connectivity index (χ1n) is 8.65. The Morgan fingerprint density at radius 2 is 1.86 bits per heavy atom. The molecule has 0 amide bonds. The van der Waals surface area contributed by atoms with Gasteiger partial charge in [0.2, 0.25) is 0 Å². The standard InChI is InChI=1S/C20H19FN2O5S/c1-11-17(19(24)26-3)12(2)22-18(11)20(25)28-8-14-10-29-16(23-14)9-27-15-6-4-13(21)5-7-15/h4-7,10,22H,8-9H2,1-3H3. The van der Waals surface area contributed by atoms with Gasteiger partial charge in [-0.3, -0.25) is 0 Å². The number of thiazole rings is 1. The first kappa shape index (κ1) is 20.5. The van der Waals surface area contributed by atoms with E-state index in [9.17, 15) is 14.0 Å². The molecular weight excluding hydrogens is 399 g/mol. The predicted octanol–water partition coefficient (Wildman–Crippen LogP) is 3.95. The van der Waals surface area contributed by atoms with Crippen LogP contribution in [0.3, 0.4) is 0 Å². The van der Waals surface area contributed by atoms with Gasteiger partial charge in [0.1, 0.15) is 35.5 Å². The number of aromatic nitrogens is 2. The molecule has 0 aliphatic carbocycles. The SMILES string of the molecule is COC(=O)c1c(C)[nH]c(C(=O)OCc2csc(COc3ccc(F)cc3)n2)c1C. The number of aromatic amines is 1. The van der Waals surface area contributed by atoms with Gasteiger partial charge in [-0.1, -0.05) is 0 Å². The summed E-state index contributed by atoms with van der Waals surface area (Å²) in [5, 5.41) is 2.46. The topological polar surface area (TPSA) is 90.5 Å². The summed E-state index contributed by atoms with van der Waals surface area (Å²) in [6, 6.07) is 5.71. The highest BCUT2D eigenvalue weighted by atomic mass is 32.1. The maximum Gasteiger partial charge on any atom is 0.355 e. The van der Waals surface area contributed by atoms with E-state index in [0.717, 1.165) is 0 Å². The molecule has 2 aromatic heterocycles. The highest BCUT2D eigenvalue weighted by Gasteiger charge is 2.23. The number of halogens is 1. The molecule has 1 aromatic carbocycles. The van der Waals surface area contributed by atoms with Gasteiger partial charge in [-0.05, 0) is 43.7 Å². The third kappa shape index (κ3) is 4.80. The van der Waals surface area contributed by atoms with Crippen LogP contribution in [0.4, 0.5) is 4.39 Å². The number of methoxy groups -OCH3 is 1. The summed E-state index contributed by atoms with van der Waals surface area (Å²) in [6.45, 7) is 3.54. The molecule has 2 heterocycles. The molecule has 7 nitrogen and oxygen atoms in total. The Bertz CT molecular complexity index is 1030. The quantitative estimate of drug-likeness (QED) is 0.585. The van der Waals surface area contributed by atoms with E-state index in [4.69, 9.17) is 14.2 Å². The summed E-state index contributed by atoms with van der Waals surface area (Å²) in [6.07, 6.45) is 0. The van der Waals surface area contributed by atoms with Gasteiger partial charge in [-0.25, -0.2) is 19.0 Å². The van der Waals surface area contributed by atoms with Crippen molar-refractivity contribution in [2.24, 2.45) is 0 Å². The Labute approximate surface area is 170 Å². The van der Waals surface area contributed by atoms with Gasteiger partial charge >= 0.3 is 11.9 Å². The van der Waals surface area contributed by atoms with Crippen molar-refractivity contribution in [1.29, 1.82) is 0 Å². The van der Waals surface area contributed by atoms with Crippen LogP contribution in [0.25, 0.3) is 0 Å². The third-order valence-electron chi connectivity index (χ3n) is 4.16. The van der Waals surface area contributed by atoms with Gasteiger partial charge in [0.15, 0.2) is 0 Å².